The fourth-order valence-electron chi connectivity index (χ4n) is 3.11. The Morgan fingerprint density at radius 2 is 1.72 bits per heavy atom. The van der Waals surface area contributed by atoms with Gasteiger partial charge in [-0.2, -0.15) is 17.0 Å². The Bertz CT molecular complexity index is 375. The van der Waals surface area contributed by atoms with Gasteiger partial charge in [0.2, 0.25) is 0 Å². The fraction of sp³-hybridized carbons (Fsp3) is 1.00. The zero-order valence-corrected chi connectivity index (χ0v) is 12.4. The predicted molar refractivity (Wildman–Crippen MR) is 72.5 cm³/mol. The van der Waals surface area contributed by atoms with Crippen molar-refractivity contribution in [3.63, 3.8) is 0 Å². The van der Waals surface area contributed by atoms with E-state index in [1.165, 1.54) is 0 Å². The topological polar surface area (TPSA) is 52.7 Å². The molecule has 2 rings (SSSR count). The molecule has 18 heavy (non-hydrogen) atoms. The summed E-state index contributed by atoms with van der Waals surface area (Å²) in [5.74, 6) is 0.920. The summed E-state index contributed by atoms with van der Waals surface area (Å²) in [5, 5.41) is 3.23. The first-order valence-corrected chi connectivity index (χ1v) is 8.28. The van der Waals surface area contributed by atoms with E-state index in [2.05, 4.69) is 19.2 Å². The van der Waals surface area contributed by atoms with E-state index >= 15 is 0 Å². The molecule has 2 fully saturated rings. The van der Waals surface area contributed by atoms with Gasteiger partial charge in [-0.1, -0.05) is 13.8 Å². The molecule has 0 radical (unpaired) electrons. The maximum Gasteiger partial charge on any atom is 0.282 e. The average molecular weight is 275 g/mol. The van der Waals surface area contributed by atoms with Gasteiger partial charge in [0.25, 0.3) is 10.2 Å². The molecule has 0 spiro atoms. The second kappa shape index (κ2) is 5.45. The molecule has 2 aliphatic rings. The molecule has 0 aromatic carbocycles. The van der Waals surface area contributed by atoms with E-state index in [1.807, 2.05) is 6.92 Å². The lowest BCUT2D eigenvalue weighted by Crippen LogP contribution is -2.58. The predicted octanol–water partition coefficient (Wildman–Crippen LogP) is 0.503. The van der Waals surface area contributed by atoms with Crippen LogP contribution in [0.3, 0.4) is 0 Å². The van der Waals surface area contributed by atoms with Gasteiger partial charge in [-0.15, -0.1) is 0 Å². The molecule has 0 bridgehead atoms. The summed E-state index contributed by atoms with van der Waals surface area (Å²) < 4.78 is 28.7. The minimum Gasteiger partial charge on any atom is -0.314 e. The monoisotopic (exact) mass is 275 g/mol. The van der Waals surface area contributed by atoms with Crippen LogP contribution < -0.4 is 5.32 Å². The van der Waals surface area contributed by atoms with Crippen molar-refractivity contribution in [3.05, 3.63) is 0 Å². The molecule has 0 aromatic heterocycles. The van der Waals surface area contributed by atoms with Crippen LogP contribution in [-0.4, -0.2) is 55.8 Å². The zero-order valence-electron chi connectivity index (χ0n) is 11.6. The van der Waals surface area contributed by atoms with E-state index in [9.17, 15) is 8.42 Å². The van der Waals surface area contributed by atoms with Crippen LogP contribution in [0.2, 0.25) is 0 Å². The summed E-state index contributed by atoms with van der Waals surface area (Å²) >= 11 is 0. The van der Waals surface area contributed by atoms with Gasteiger partial charge < -0.3 is 5.32 Å². The molecule has 3 atom stereocenters. The SMILES string of the molecule is CC1CC(C)CN(S(=O)(=O)N2CCNC[C@@H]2C)C1. The summed E-state index contributed by atoms with van der Waals surface area (Å²) in [6.45, 7) is 9.68. The van der Waals surface area contributed by atoms with Crippen LogP contribution in [0.25, 0.3) is 0 Å². The number of piperidine rings is 1. The molecular formula is C12H25N3O2S. The molecule has 2 heterocycles. The quantitative estimate of drug-likeness (QED) is 0.798. The number of piperazine rings is 1. The molecule has 2 saturated heterocycles. The van der Waals surface area contributed by atoms with Gasteiger partial charge in [0.15, 0.2) is 0 Å². The van der Waals surface area contributed by atoms with E-state index in [0.717, 1.165) is 19.5 Å². The molecule has 0 saturated carbocycles. The van der Waals surface area contributed by atoms with Gasteiger partial charge in [0.05, 0.1) is 0 Å². The van der Waals surface area contributed by atoms with Crippen LogP contribution in [0.4, 0.5) is 0 Å². The minimum atomic E-state index is -3.27. The van der Waals surface area contributed by atoms with E-state index < -0.39 is 10.2 Å². The first-order chi connectivity index (χ1) is 8.41. The van der Waals surface area contributed by atoms with Crippen molar-refractivity contribution in [2.75, 3.05) is 32.7 Å². The maximum atomic E-state index is 12.7. The average Bonchev–Trinajstić information content (AvgIpc) is 2.28. The highest BCUT2D eigenvalue weighted by atomic mass is 32.2. The highest BCUT2D eigenvalue weighted by molar-refractivity contribution is 7.86. The molecule has 0 aliphatic carbocycles. The molecule has 0 aromatic rings. The van der Waals surface area contributed by atoms with Crippen LogP contribution in [0, 0.1) is 11.8 Å². The fourth-order valence-corrected chi connectivity index (χ4v) is 5.14. The van der Waals surface area contributed by atoms with Crippen LogP contribution in [0.5, 0.6) is 0 Å². The van der Waals surface area contributed by atoms with Gasteiger partial charge in [-0.3, -0.25) is 0 Å². The highest BCUT2D eigenvalue weighted by Gasteiger charge is 2.37. The van der Waals surface area contributed by atoms with Crippen molar-refractivity contribution < 1.29 is 8.42 Å². The summed E-state index contributed by atoms with van der Waals surface area (Å²) in [6, 6.07) is 0.0521. The largest absolute Gasteiger partial charge is 0.314 e. The number of nitrogens with one attached hydrogen (secondary N) is 1. The summed E-state index contributed by atoms with van der Waals surface area (Å²) in [4.78, 5) is 0. The lowest BCUT2D eigenvalue weighted by Gasteiger charge is -2.40. The molecule has 6 heteroatoms. The molecule has 2 unspecified atom stereocenters. The standard InChI is InChI=1S/C12H25N3O2S/c1-10-6-11(2)9-14(8-10)18(16,17)15-5-4-13-7-12(15)3/h10-13H,4-9H2,1-3H3/t10?,11?,12-/m0/s1. The Labute approximate surface area is 111 Å². The van der Waals surface area contributed by atoms with Gasteiger partial charge in [0, 0.05) is 38.8 Å². The maximum absolute atomic E-state index is 12.7. The molecule has 0 amide bonds. The van der Waals surface area contributed by atoms with Crippen molar-refractivity contribution in [2.24, 2.45) is 11.8 Å². The normalized spacial score (nSPS) is 36.7. The third-order valence-electron chi connectivity index (χ3n) is 3.90. The van der Waals surface area contributed by atoms with E-state index in [0.29, 0.717) is 31.5 Å². The first kappa shape index (κ1) is 14.2. The second-order valence-electron chi connectivity index (χ2n) is 5.93. The Morgan fingerprint density at radius 1 is 1.11 bits per heavy atom. The van der Waals surface area contributed by atoms with Crippen LogP contribution in [0.15, 0.2) is 0 Å². The second-order valence-corrected chi connectivity index (χ2v) is 7.82. The molecule has 1 N–H and O–H groups in total. The third kappa shape index (κ3) is 2.87. The lowest BCUT2D eigenvalue weighted by molar-refractivity contribution is 0.194. The summed E-state index contributed by atoms with van der Waals surface area (Å²) in [6.07, 6.45) is 1.13. The van der Waals surface area contributed by atoms with Crippen LogP contribution in [0.1, 0.15) is 27.2 Å². The highest BCUT2D eigenvalue weighted by Crippen LogP contribution is 2.25. The van der Waals surface area contributed by atoms with Crippen molar-refractivity contribution in [3.8, 4) is 0 Å². The lowest BCUT2D eigenvalue weighted by atomic mass is 9.94. The zero-order chi connectivity index (χ0) is 13.3. The minimum absolute atomic E-state index is 0.0521. The van der Waals surface area contributed by atoms with E-state index in [1.54, 1.807) is 8.61 Å². The van der Waals surface area contributed by atoms with Crippen LogP contribution in [-0.2, 0) is 10.2 Å². The van der Waals surface area contributed by atoms with E-state index in [4.69, 9.17) is 0 Å². The smallest absolute Gasteiger partial charge is 0.282 e. The van der Waals surface area contributed by atoms with Gasteiger partial charge in [-0.05, 0) is 25.2 Å². The number of hydrogen-bond donors (Lipinski definition) is 1. The van der Waals surface area contributed by atoms with Crippen molar-refractivity contribution >= 4 is 10.2 Å². The summed E-state index contributed by atoms with van der Waals surface area (Å²) in [5.41, 5.74) is 0. The van der Waals surface area contributed by atoms with Crippen LogP contribution >= 0.6 is 0 Å². The van der Waals surface area contributed by atoms with E-state index in [-0.39, 0.29) is 6.04 Å². The Hall–Kier alpha value is -0.170. The Kier molecular flexibility index (Phi) is 4.31. The van der Waals surface area contributed by atoms with Gasteiger partial charge >= 0.3 is 0 Å². The van der Waals surface area contributed by atoms with Gasteiger partial charge in [-0.25, -0.2) is 0 Å². The summed E-state index contributed by atoms with van der Waals surface area (Å²) in [7, 11) is -3.27. The van der Waals surface area contributed by atoms with Gasteiger partial charge in [0.1, 0.15) is 0 Å². The Balaban J connectivity index is 2.14. The molecule has 5 nitrogen and oxygen atoms in total. The van der Waals surface area contributed by atoms with Crippen molar-refractivity contribution in [1.29, 1.82) is 0 Å². The van der Waals surface area contributed by atoms with Crippen molar-refractivity contribution in [2.45, 2.75) is 33.2 Å². The number of nitrogens with zero attached hydrogens (tertiary/aromatic N) is 2. The Morgan fingerprint density at radius 3 is 2.28 bits per heavy atom. The number of rotatable bonds is 2. The van der Waals surface area contributed by atoms with Crippen molar-refractivity contribution in [1.82, 2.24) is 13.9 Å². The third-order valence-corrected chi connectivity index (χ3v) is 5.98. The first-order valence-electron chi connectivity index (χ1n) is 6.89. The molecule has 2 aliphatic heterocycles. The number of hydrogen-bond acceptors (Lipinski definition) is 3. The molecule has 106 valence electrons. The molecular weight excluding hydrogens is 250 g/mol.